The van der Waals surface area contributed by atoms with E-state index in [9.17, 15) is 4.79 Å². The molecule has 0 radical (unpaired) electrons. The number of aromatic nitrogens is 4. The van der Waals surface area contributed by atoms with Gasteiger partial charge in [0.25, 0.3) is 0 Å². The number of ether oxygens (including phenoxy) is 1. The van der Waals surface area contributed by atoms with E-state index in [1.165, 1.54) is 0 Å². The maximum Gasteiger partial charge on any atom is 0.320 e. The lowest BCUT2D eigenvalue weighted by atomic mass is 10.3. The van der Waals surface area contributed by atoms with Crippen molar-refractivity contribution in [1.29, 1.82) is 0 Å². The summed E-state index contributed by atoms with van der Waals surface area (Å²) in [4.78, 5) is 16.1. The average molecular weight is 332 g/mol. The molecule has 130 valence electrons. The third kappa shape index (κ3) is 3.64. The summed E-state index contributed by atoms with van der Waals surface area (Å²) in [5.74, 6) is 1.64. The van der Waals surface area contributed by atoms with Crippen molar-refractivity contribution in [3.05, 3.63) is 18.0 Å². The monoisotopic (exact) mass is 332 g/mol. The first-order chi connectivity index (χ1) is 11.7. The molecule has 2 aromatic rings. The number of carbonyl (C=O) groups excluding carboxylic acids is 1. The van der Waals surface area contributed by atoms with E-state index in [2.05, 4.69) is 20.0 Å². The molecule has 0 unspecified atom stereocenters. The number of esters is 1. The summed E-state index contributed by atoms with van der Waals surface area (Å²) in [5, 5.41) is 13.0. The summed E-state index contributed by atoms with van der Waals surface area (Å²) in [7, 11) is 0. The number of fused-ring (bicyclic) bond motifs is 1. The fourth-order valence-corrected chi connectivity index (χ4v) is 2.96. The Morgan fingerprint density at radius 2 is 2.04 bits per heavy atom. The van der Waals surface area contributed by atoms with Gasteiger partial charge in [0.1, 0.15) is 5.82 Å². The van der Waals surface area contributed by atoms with Gasteiger partial charge in [-0.05, 0) is 25.5 Å². The highest BCUT2D eigenvalue weighted by atomic mass is 16.5. The fraction of sp³-hybridized carbons (Fsp3) is 0.625. The normalized spacial score (nSPS) is 16.3. The number of aryl methyl sites for hydroxylation is 1. The Bertz CT molecular complexity index is 701. The van der Waals surface area contributed by atoms with Gasteiger partial charge in [0, 0.05) is 32.6 Å². The summed E-state index contributed by atoms with van der Waals surface area (Å²) in [5.41, 5.74) is 0.773. The minimum atomic E-state index is -0.150. The van der Waals surface area contributed by atoms with E-state index in [0.717, 1.165) is 56.3 Å². The number of rotatable bonds is 5. The zero-order chi connectivity index (χ0) is 16.9. The van der Waals surface area contributed by atoms with Gasteiger partial charge in [-0.2, -0.15) is 4.52 Å². The number of anilines is 1. The maximum atomic E-state index is 11.7. The van der Waals surface area contributed by atoms with Crippen LogP contribution in [-0.2, 0) is 16.0 Å². The molecule has 0 saturated carbocycles. The first kappa shape index (κ1) is 16.6. The quantitative estimate of drug-likeness (QED) is 0.748. The summed E-state index contributed by atoms with van der Waals surface area (Å²) in [6.45, 7) is 8.14. The van der Waals surface area contributed by atoms with Crippen molar-refractivity contribution < 1.29 is 9.53 Å². The van der Waals surface area contributed by atoms with Crippen molar-refractivity contribution in [2.75, 3.05) is 44.2 Å². The Morgan fingerprint density at radius 3 is 2.83 bits per heavy atom. The highest BCUT2D eigenvalue weighted by Crippen LogP contribution is 2.15. The van der Waals surface area contributed by atoms with Gasteiger partial charge in [-0.25, -0.2) is 0 Å². The van der Waals surface area contributed by atoms with Crippen LogP contribution in [-0.4, -0.2) is 70.0 Å². The Kier molecular flexibility index (Phi) is 5.24. The highest BCUT2D eigenvalue weighted by Gasteiger charge is 2.19. The minimum Gasteiger partial charge on any atom is -0.465 e. The first-order valence-corrected chi connectivity index (χ1v) is 8.55. The average Bonchev–Trinajstić information content (AvgIpc) is 2.85. The van der Waals surface area contributed by atoms with E-state index in [0.29, 0.717) is 13.2 Å². The molecular weight excluding hydrogens is 308 g/mol. The van der Waals surface area contributed by atoms with Crippen molar-refractivity contribution >= 4 is 17.4 Å². The third-order valence-corrected chi connectivity index (χ3v) is 4.20. The first-order valence-electron chi connectivity index (χ1n) is 8.55. The van der Waals surface area contributed by atoms with Crippen LogP contribution in [0.2, 0.25) is 0 Å². The Morgan fingerprint density at radius 1 is 1.17 bits per heavy atom. The number of carbonyl (C=O) groups is 1. The molecule has 3 rings (SSSR count). The molecule has 0 atom stereocenters. The van der Waals surface area contributed by atoms with Crippen molar-refractivity contribution in [3.8, 4) is 0 Å². The zero-order valence-electron chi connectivity index (χ0n) is 14.3. The molecule has 1 aliphatic rings. The molecule has 0 bridgehead atoms. The molecule has 1 aliphatic heterocycles. The number of hydrogen-bond donors (Lipinski definition) is 0. The molecule has 0 N–H and O–H groups in total. The van der Waals surface area contributed by atoms with Crippen LogP contribution in [0.5, 0.6) is 0 Å². The second-order valence-electron chi connectivity index (χ2n) is 5.85. The number of nitrogens with zero attached hydrogens (tertiary/aromatic N) is 6. The second kappa shape index (κ2) is 7.57. The van der Waals surface area contributed by atoms with Crippen molar-refractivity contribution in [1.82, 2.24) is 24.7 Å². The predicted octanol–water partition coefficient (Wildman–Crippen LogP) is 0.762. The topological polar surface area (TPSA) is 75.9 Å². The Hall–Kier alpha value is -2.22. The van der Waals surface area contributed by atoms with Crippen LogP contribution in [0.15, 0.2) is 12.1 Å². The molecule has 8 nitrogen and oxygen atoms in total. The molecule has 0 amide bonds. The van der Waals surface area contributed by atoms with Gasteiger partial charge in [0.05, 0.1) is 13.2 Å². The second-order valence-corrected chi connectivity index (χ2v) is 5.85. The molecule has 0 aliphatic carbocycles. The van der Waals surface area contributed by atoms with Crippen molar-refractivity contribution in [2.24, 2.45) is 0 Å². The minimum absolute atomic E-state index is 0.150. The lowest BCUT2D eigenvalue weighted by Gasteiger charge is -2.22. The standard InChI is InChI=1S/C16H24N6O2/c1-3-13-17-18-14-6-7-15(19-22(13)14)21-9-5-8-20(10-11-21)12-16(23)24-4-2/h6-7H,3-5,8-12H2,1-2H3. The van der Waals surface area contributed by atoms with Crippen LogP contribution in [0.3, 0.4) is 0 Å². The molecule has 2 aromatic heterocycles. The van der Waals surface area contributed by atoms with Crippen LogP contribution in [0.25, 0.3) is 5.65 Å². The molecule has 1 fully saturated rings. The fourth-order valence-electron chi connectivity index (χ4n) is 2.96. The molecule has 1 saturated heterocycles. The maximum absolute atomic E-state index is 11.7. The van der Waals surface area contributed by atoms with Gasteiger partial charge in [-0.1, -0.05) is 6.92 Å². The lowest BCUT2D eigenvalue weighted by molar-refractivity contribution is -0.144. The smallest absolute Gasteiger partial charge is 0.320 e. The zero-order valence-corrected chi connectivity index (χ0v) is 14.3. The highest BCUT2D eigenvalue weighted by molar-refractivity contribution is 5.71. The van der Waals surface area contributed by atoms with Crippen LogP contribution >= 0.6 is 0 Å². The van der Waals surface area contributed by atoms with Crippen LogP contribution in [0, 0.1) is 0 Å². The van der Waals surface area contributed by atoms with E-state index < -0.39 is 0 Å². The van der Waals surface area contributed by atoms with E-state index in [-0.39, 0.29) is 5.97 Å². The summed E-state index contributed by atoms with van der Waals surface area (Å²) < 4.78 is 6.85. The Labute approximate surface area is 141 Å². The van der Waals surface area contributed by atoms with Gasteiger partial charge in [-0.3, -0.25) is 9.69 Å². The summed E-state index contributed by atoms with van der Waals surface area (Å²) in [6, 6.07) is 3.94. The summed E-state index contributed by atoms with van der Waals surface area (Å²) in [6.07, 6.45) is 1.78. The van der Waals surface area contributed by atoms with E-state index in [4.69, 9.17) is 9.84 Å². The lowest BCUT2D eigenvalue weighted by Crippen LogP contribution is -2.35. The van der Waals surface area contributed by atoms with E-state index in [1.807, 2.05) is 30.5 Å². The van der Waals surface area contributed by atoms with E-state index >= 15 is 0 Å². The van der Waals surface area contributed by atoms with Crippen LogP contribution in [0.4, 0.5) is 5.82 Å². The van der Waals surface area contributed by atoms with Gasteiger partial charge in [-0.15, -0.1) is 15.3 Å². The largest absolute Gasteiger partial charge is 0.465 e. The molecule has 0 spiro atoms. The molecule has 24 heavy (non-hydrogen) atoms. The van der Waals surface area contributed by atoms with Gasteiger partial charge in [0.15, 0.2) is 11.5 Å². The van der Waals surface area contributed by atoms with Gasteiger partial charge < -0.3 is 9.64 Å². The van der Waals surface area contributed by atoms with Gasteiger partial charge >= 0.3 is 5.97 Å². The molecular formula is C16H24N6O2. The van der Waals surface area contributed by atoms with Crippen LogP contribution in [0.1, 0.15) is 26.1 Å². The third-order valence-electron chi connectivity index (χ3n) is 4.20. The molecule has 3 heterocycles. The van der Waals surface area contributed by atoms with Crippen molar-refractivity contribution in [3.63, 3.8) is 0 Å². The summed E-state index contributed by atoms with van der Waals surface area (Å²) >= 11 is 0. The molecule has 0 aromatic carbocycles. The van der Waals surface area contributed by atoms with Gasteiger partial charge in [0.2, 0.25) is 0 Å². The Balaban J connectivity index is 1.68. The number of hydrogen-bond acceptors (Lipinski definition) is 7. The molecule has 8 heteroatoms. The predicted molar refractivity (Wildman–Crippen MR) is 90.1 cm³/mol. The van der Waals surface area contributed by atoms with Crippen LogP contribution < -0.4 is 4.90 Å². The SMILES string of the molecule is CCOC(=O)CN1CCCN(c2ccc3nnc(CC)n3n2)CC1. The van der Waals surface area contributed by atoms with Crippen molar-refractivity contribution in [2.45, 2.75) is 26.7 Å². The van der Waals surface area contributed by atoms with E-state index in [1.54, 1.807) is 0 Å².